The maximum Gasteiger partial charge on any atom is 0.146 e. The summed E-state index contributed by atoms with van der Waals surface area (Å²) in [4.78, 5) is 1.37. The number of ether oxygens (including phenoxy) is 1. The molecule has 1 aromatic heterocycles. The Morgan fingerprint density at radius 1 is 1.14 bits per heavy atom. The van der Waals surface area contributed by atoms with E-state index in [9.17, 15) is 5.11 Å². The van der Waals surface area contributed by atoms with E-state index >= 15 is 0 Å². The minimum atomic E-state index is -0.0182. The van der Waals surface area contributed by atoms with Crippen LogP contribution in [0.1, 0.15) is 7.13 Å². The van der Waals surface area contributed by atoms with Gasteiger partial charge in [-0.15, -0.1) is 21.4 Å². The summed E-state index contributed by atoms with van der Waals surface area (Å²) < 4.78 is 5.06. The molecular formula is C16H19N3O2. The minimum Gasteiger partial charge on any atom is -0.505 e. The number of terminal acetylenes is 1. The van der Waals surface area contributed by atoms with Crippen LogP contribution in [0.2, 0.25) is 0 Å². The molecule has 1 N–H and O–H groups in total. The highest BCUT2D eigenvalue weighted by Crippen LogP contribution is 2.26. The van der Waals surface area contributed by atoms with Crippen molar-refractivity contribution in [3.05, 3.63) is 42.5 Å². The largest absolute Gasteiger partial charge is 0.505 e. The number of aromatic hydroxyl groups is 1. The van der Waals surface area contributed by atoms with Crippen LogP contribution >= 0.6 is 0 Å². The van der Waals surface area contributed by atoms with Gasteiger partial charge in [-0.25, -0.2) is 0 Å². The standard InChI is InChI=1S/C16H9N3O2.5H2/c1-2-3-10-21-12-8-9-15(16(20)11-12)19-17-13-6-4-5-7-14(13)18-19;;;;;/h1,4-9,11,20H;5*1H. The normalized spacial score (nSPS) is 9.67. The molecule has 0 radical (unpaired) electrons. The van der Waals surface area contributed by atoms with Crippen LogP contribution in [0, 0.1) is 24.4 Å². The van der Waals surface area contributed by atoms with Crippen LogP contribution in [-0.4, -0.2) is 20.1 Å². The summed E-state index contributed by atoms with van der Waals surface area (Å²) in [7, 11) is 0. The monoisotopic (exact) mass is 285 g/mol. The van der Waals surface area contributed by atoms with E-state index in [1.165, 1.54) is 10.9 Å². The zero-order valence-corrected chi connectivity index (χ0v) is 10.8. The molecule has 21 heavy (non-hydrogen) atoms. The molecule has 0 saturated heterocycles. The van der Waals surface area contributed by atoms with E-state index in [0.29, 0.717) is 11.4 Å². The zero-order valence-electron chi connectivity index (χ0n) is 10.8. The van der Waals surface area contributed by atoms with Gasteiger partial charge in [-0.3, -0.25) is 0 Å². The van der Waals surface area contributed by atoms with E-state index in [0.717, 1.165) is 11.0 Å². The summed E-state index contributed by atoms with van der Waals surface area (Å²) in [6, 6.07) is 12.2. The summed E-state index contributed by atoms with van der Waals surface area (Å²) in [6.45, 7) is 0. The van der Waals surface area contributed by atoms with Crippen molar-refractivity contribution in [1.29, 1.82) is 0 Å². The molecule has 5 heteroatoms. The second kappa shape index (κ2) is 5.28. The molecule has 0 bridgehead atoms. The van der Waals surface area contributed by atoms with Crippen LogP contribution in [0.15, 0.2) is 42.5 Å². The molecule has 0 fully saturated rings. The highest BCUT2D eigenvalue weighted by molar-refractivity contribution is 5.73. The number of fused-ring (bicyclic) bond motifs is 1. The maximum atomic E-state index is 10.1. The number of hydrogen-bond acceptors (Lipinski definition) is 4. The predicted molar refractivity (Wildman–Crippen MR) is 88.3 cm³/mol. The number of hydrogen-bond donors (Lipinski definition) is 1. The van der Waals surface area contributed by atoms with Gasteiger partial charge in [0.15, 0.2) is 0 Å². The molecule has 2 aromatic carbocycles. The van der Waals surface area contributed by atoms with Gasteiger partial charge in [-0.05, 0) is 30.2 Å². The topological polar surface area (TPSA) is 60.2 Å². The summed E-state index contributed by atoms with van der Waals surface area (Å²) in [5, 5.41) is 18.7. The third kappa shape index (κ3) is 2.49. The Hall–Kier alpha value is -3.44. The van der Waals surface area contributed by atoms with Crippen molar-refractivity contribution in [2.24, 2.45) is 0 Å². The molecule has 3 aromatic rings. The highest BCUT2D eigenvalue weighted by Gasteiger charge is 2.09. The predicted octanol–water partition coefficient (Wildman–Crippen LogP) is 3.33. The lowest BCUT2D eigenvalue weighted by atomic mass is 10.3. The summed E-state index contributed by atoms with van der Waals surface area (Å²) in [6.07, 6.45) is 7.31. The SMILES string of the molecule is C#CC#COc1ccc(-n2nc3ccccc3n2)c(O)c1.[HH].[HH].[HH].[HH].[HH]. The Morgan fingerprint density at radius 3 is 2.48 bits per heavy atom. The number of benzene rings is 2. The van der Waals surface area contributed by atoms with Crippen LogP contribution in [0.4, 0.5) is 0 Å². The molecular weight excluding hydrogens is 266 g/mol. The third-order valence-corrected chi connectivity index (χ3v) is 2.74. The Labute approximate surface area is 128 Å². The van der Waals surface area contributed by atoms with E-state index in [1.54, 1.807) is 12.1 Å². The van der Waals surface area contributed by atoms with Crippen molar-refractivity contribution in [2.75, 3.05) is 0 Å². The maximum absolute atomic E-state index is 10.1. The molecule has 0 unspecified atom stereocenters. The number of aromatic nitrogens is 3. The fraction of sp³-hybridized carbons (Fsp3) is 0. The van der Waals surface area contributed by atoms with Gasteiger partial charge in [0.1, 0.15) is 34.3 Å². The zero-order chi connectivity index (χ0) is 14.7. The fourth-order valence-corrected chi connectivity index (χ4v) is 1.82. The van der Waals surface area contributed by atoms with Crippen LogP contribution in [0.3, 0.4) is 0 Å². The van der Waals surface area contributed by atoms with Gasteiger partial charge in [0, 0.05) is 19.1 Å². The quantitative estimate of drug-likeness (QED) is 0.734. The van der Waals surface area contributed by atoms with Crippen LogP contribution in [0.25, 0.3) is 16.7 Å². The summed E-state index contributed by atoms with van der Waals surface area (Å²) in [5.74, 6) is 4.82. The number of phenolic OH excluding ortho intramolecular Hbond substituents is 1. The van der Waals surface area contributed by atoms with Crippen LogP contribution < -0.4 is 4.74 Å². The molecule has 5 nitrogen and oxygen atoms in total. The first-order chi connectivity index (χ1) is 10.3. The first-order valence-electron chi connectivity index (χ1n) is 6.06. The van der Waals surface area contributed by atoms with Crippen LogP contribution in [-0.2, 0) is 0 Å². The molecule has 0 spiro atoms. The lowest BCUT2D eigenvalue weighted by Gasteiger charge is -2.04. The Bertz CT molecular complexity index is 896. The second-order valence-corrected chi connectivity index (χ2v) is 4.10. The van der Waals surface area contributed by atoms with E-state index < -0.39 is 0 Å². The van der Waals surface area contributed by atoms with Crippen molar-refractivity contribution in [2.45, 2.75) is 0 Å². The second-order valence-electron chi connectivity index (χ2n) is 4.10. The summed E-state index contributed by atoms with van der Waals surface area (Å²) >= 11 is 0. The van der Waals surface area contributed by atoms with E-state index in [1.807, 2.05) is 24.3 Å². The van der Waals surface area contributed by atoms with Gasteiger partial charge >= 0.3 is 0 Å². The Kier molecular flexibility index (Phi) is 3.16. The molecule has 0 aliphatic carbocycles. The molecule has 0 amide bonds. The van der Waals surface area contributed by atoms with E-state index in [-0.39, 0.29) is 12.9 Å². The van der Waals surface area contributed by atoms with Gasteiger partial charge in [0.05, 0.1) is 0 Å². The molecule has 1 heterocycles. The first-order valence-corrected chi connectivity index (χ1v) is 6.06. The van der Waals surface area contributed by atoms with Gasteiger partial charge in [-0.1, -0.05) is 12.1 Å². The smallest absolute Gasteiger partial charge is 0.146 e. The molecule has 0 atom stereocenters. The first kappa shape index (κ1) is 12.6. The van der Waals surface area contributed by atoms with Crippen molar-refractivity contribution < 1.29 is 17.0 Å². The Morgan fingerprint density at radius 2 is 1.86 bits per heavy atom. The Balaban J connectivity index is -0.00000106. The van der Waals surface area contributed by atoms with Crippen molar-refractivity contribution >= 4 is 11.0 Å². The van der Waals surface area contributed by atoms with Gasteiger partial charge in [0.25, 0.3) is 0 Å². The van der Waals surface area contributed by atoms with E-state index in [2.05, 4.69) is 28.1 Å². The number of nitrogens with zero attached hydrogens (tertiary/aromatic N) is 3. The number of phenols is 1. The third-order valence-electron chi connectivity index (χ3n) is 2.74. The van der Waals surface area contributed by atoms with Crippen molar-refractivity contribution in [1.82, 2.24) is 15.0 Å². The number of rotatable bonds is 2. The lowest BCUT2D eigenvalue weighted by molar-refractivity contribution is 0.458. The molecule has 0 saturated carbocycles. The molecule has 3 rings (SSSR count). The van der Waals surface area contributed by atoms with Crippen LogP contribution in [0.5, 0.6) is 11.5 Å². The highest BCUT2D eigenvalue weighted by atomic mass is 16.5. The lowest BCUT2D eigenvalue weighted by Crippen LogP contribution is -1.99. The molecule has 0 aliphatic rings. The molecule has 110 valence electrons. The fourth-order valence-electron chi connectivity index (χ4n) is 1.82. The van der Waals surface area contributed by atoms with Gasteiger partial charge in [0.2, 0.25) is 0 Å². The van der Waals surface area contributed by atoms with Gasteiger partial charge in [-0.2, -0.15) is 0 Å². The minimum absolute atomic E-state index is 0. The van der Waals surface area contributed by atoms with Crippen molar-refractivity contribution in [3.8, 4) is 41.6 Å². The average Bonchev–Trinajstić information content (AvgIpc) is 2.91. The van der Waals surface area contributed by atoms with Crippen molar-refractivity contribution in [3.63, 3.8) is 0 Å². The average molecular weight is 285 g/mol. The molecule has 0 aliphatic heterocycles. The van der Waals surface area contributed by atoms with E-state index in [4.69, 9.17) is 11.2 Å². The summed E-state index contributed by atoms with van der Waals surface area (Å²) in [5.41, 5.74) is 1.94. The van der Waals surface area contributed by atoms with Gasteiger partial charge < -0.3 is 9.84 Å².